The highest BCUT2D eigenvalue weighted by molar-refractivity contribution is 6.31. The van der Waals surface area contributed by atoms with Crippen molar-refractivity contribution in [2.75, 3.05) is 0 Å². The Kier molecular flexibility index (Phi) is 5.23. The van der Waals surface area contributed by atoms with E-state index in [0.29, 0.717) is 11.5 Å². The molecule has 128 valence electrons. The van der Waals surface area contributed by atoms with E-state index in [4.69, 9.17) is 26.2 Å². The van der Waals surface area contributed by atoms with Gasteiger partial charge in [0.1, 0.15) is 16.5 Å². The monoisotopic (exact) mass is 357 g/mol. The number of nitrogens with zero attached hydrogens (tertiary/aromatic N) is 1. The fourth-order valence-electron chi connectivity index (χ4n) is 1.69. The van der Waals surface area contributed by atoms with E-state index in [2.05, 4.69) is 4.98 Å². The van der Waals surface area contributed by atoms with Crippen LogP contribution in [0.4, 0.5) is 8.78 Å². The lowest BCUT2D eigenvalue weighted by atomic mass is 10.2. The molecule has 0 spiro atoms. The third-order valence-electron chi connectivity index (χ3n) is 3.01. The normalized spacial score (nSPS) is 12.5. The third-order valence-corrected chi connectivity index (χ3v) is 3.28. The van der Waals surface area contributed by atoms with Crippen LogP contribution >= 0.6 is 11.6 Å². The standard InChI is InChI=1S/C16H14ClF2NO4/c1-9(15(21)22)23-11-3-5-12(6-4-11)24-14-13(17)7-10(8-20-14)16(2,18)19/h3-9H,1-2H3,(H,21,22). The fourth-order valence-corrected chi connectivity index (χ4v) is 1.90. The van der Waals surface area contributed by atoms with Gasteiger partial charge in [0.25, 0.3) is 5.92 Å². The summed E-state index contributed by atoms with van der Waals surface area (Å²) in [5.41, 5.74) is -0.314. The molecule has 0 saturated carbocycles. The van der Waals surface area contributed by atoms with Gasteiger partial charge in [-0.3, -0.25) is 0 Å². The summed E-state index contributed by atoms with van der Waals surface area (Å²) in [6.07, 6.45) is 0.00360. The van der Waals surface area contributed by atoms with Gasteiger partial charge in [-0.15, -0.1) is 0 Å². The Morgan fingerprint density at radius 3 is 2.38 bits per heavy atom. The summed E-state index contributed by atoms with van der Waals surface area (Å²) in [5.74, 6) is -3.46. The van der Waals surface area contributed by atoms with Gasteiger partial charge >= 0.3 is 5.97 Å². The summed E-state index contributed by atoms with van der Waals surface area (Å²) in [7, 11) is 0. The number of hydrogen-bond donors (Lipinski definition) is 1. The number of pyridine rings is 1. The molecule has 0 radical (unpaired) electrons. The van der Waals surface area contributed by atoms with E-state index in [1.165, 1.54) is 31.2 Å². The van der Waals surface area contributed by atoms with Crippen molar-refractivity contribution in [1.82, 2.24) is 4.98 Å². The van der Waals surface area contributed by atoms with E-state index in [1.54, 1.807) is 0 Å². The second-order valence-electron chi connectivity index (χ2n) is 5.07. The highest BCUT2D eigenvalue weighted by atomic mass is 35.5. The van der Waals surface area contributed by atoms with Crippen LogP contribution in [-0.2, 0) is 10.7 Å². The van der Waals surface area contributed by atoms with Crippen molar-refractivity contribution >= 4 is 17.6 Å². The fraction of sp³-hybridized carbons (Fsp3) is 0.250. The summed E-state index contributed by atoms with van der Waals surface area (Å²) in [5, 5.41) is 8.73. The SMILES string of the molecule is CC(Oc1ccc(Oc2ncc(C(C)(F)F)cc2Cl)cc1)C(=O)O. The molecule has 1 heterocycles. The maximum absolute atomic E-state index is 13.2. The number of carboxylic acid groups (broad SMARTS) is 1. The van der Waals surface area contributed by atoms with E-state index in [9.17, 15) is 13.6 Å². The first-order valence-corrected chi connectivity index (χ1v) is 7.26. The van der Waals surface area contributed by atoms with Crippen molar-refractivity contribution in [3.63, 3.8) is 0 Å². The first-order chi connectivity index (χ1) is 11.2. The topological polar surface area (TPSA) is 68.7 Å². The number of benzene rings is 1. The molecule has 2 aromatic rings. The number of aliphatic carboxylic acids is 1. The van der Waals surface area contributed by atoms with Gasteiger partial charge in [0.05, 0.1) is 0 Å². The molecule has 0 saturated heterocycles. The maximum Gasteiger partial charge on any atom is 0.344 e. The Labute approximate surface area is 141 Å². The van der Waals surface area contributed by atoms with Crippen LogP contribution in [0.3, 0.4) is 0 Å². The molecule has 0 aliphatic carbocycles. The zero-order valence-corrected chi connectivity index (χ0v) is 13.6. The first kappa shape index (κ1) is 17.9. The van der Waals surface area contributed by atoms with E-state index in [1.807, 2.05) is 0 Å². The Bertz CT molecular complexity index is 732. The minimum Gasteiger partial charge on any atom is -0.479 e. The van der Waals surface area contributed by atoms with Gasteiger partial charge in [0.2, 0.25) is 5.88 Å². The first-order valence-electron chi connectivity index (χ1n) is 6.88. The van der Waals surface area contributed by atoms with E-state index in [-0.39, 0.29) is 16.5 Å². The van der Waals surface area contributed by atoms with Crippen LogP contribution in [0.5, 0.6) is 17.4 Å². The molecule has 1 atom stereocenters. The third kappa shape index (κ3) is 4.55. The molecular formula is C16H14ClF2NO4. The number of carboxylic acids is 1. The van der Waals surface area contributed by atoms with Crippen molar-refractivity contribution < 1.29 is 28.2 Å². The predicted octanol–water partition coefficient (Wildman–Crippen LogP) is 4.49. The Hall–Kier alpha value is -2.41. The van der Waals surface area contributed by atoms with Gasteiger partial charge in [-0.25, -0.2) is 18.6 Å². The highest BCUT2D eigenvalue weighted by Crippen LogP contribution is 2.33. The van der Waals surface area contributed by atoms with E-state index < -0.39 is 18.0 Å². The zero-order chi connectivity index (χ0) is 17.9. The van der Waals surface area contributed by atoms with Crippen molar-refractivity contribution in [2.24, 2.45) is 0 Å². The number of alkyl halides is 2. The number of rotatable bonds is 6. The molecular weight excluding hydrogens is 344 g/mol. The number of halogens is 3. The summed E-state index contributed by atoms with van der Waals surface area (Å²) in [6, 6.07) is 7.15. The molecule has 0 aliphatic heterocycles. The lowest BCUT2D eigenvalue weighted by Gasteiger charge is -2.13. The van der Waals surface area contributed by atoms with Crippen LogP contribution in [0.2, 0.25) is 5.02 Å². The lowest BCUT2D eigenvalue weighted by molar-refractivity contribution is -0.144. The number of ether oxygens (including phenoxy) is 2. The van der Waals surface area contributed by atoms with Crippen LogP contribution in [0, 0.1) is 0 Å². The summed E-state index contributed by atoms with van der Waals surface area (Å²) in [4.78, 5) is 14.5. The summed E-state index contributed by atoms with van der Waals surface area (Å²) >= 11 is 5.91. The second-order valence-corrected chi connectivity index (χ2v) is 5.48. The zero-order valence-electron chi connectivity index (χ0n) is 12.8. The van der Waals surface area contributed by atoms with Crippen LogP contribution in [0.15, 0.2) is 36.5 Å². The van der Waals surface area contributed by atoms with E-state index >= 15 is 0 Å². The molecule has 24 heavy (non-hydrogen) atoms. The molecule has 8 heteroatoms. The van der Waals surface area contributed by atoms with Gasteiger partial charge in [0, 0.05) is 18.7 Å². The van der Waals surface area contributed by atoms with Gasteiger partial charge < -0.3 is 14.6 Å². The van der Waals surface area contributed by atoms with Gasteiger partial charge in [-0.05, 0) is 37.3 Å². The Balaban J connectivity index is 2.10. The molecule has 1 aromatic carbocycles. The van der Waals surface area contributed by atoms with Crippen molar-refractivity contribution in [1.29, 1.82) is 0 Å². The number of aromatic nitrogens is 1. The minimum atomic E-state index is -3.05. The van der Waals surface area contributed by atoms with Gasteiger partial charge in [0.15, 0.2) is 6.10 Å². The molecule has 5 nitrogen and oxygen atoms in total. The average Bonchev–Trinajstić information content (AvgIpc) is 2.50. The molecule has 1 unspecified atom stereocenters. The quantitative estimate of drug-likeness (QED) is 0.824. The van der Waals surface area contributed by atoms with Crippen LogP contribution in [-0.4, -0.2) is 22.2 Å². The van der Waals surface area contributed by atoms with Crippen LogP contribution in [0.25, 0.3) is 0 Å². The number of hydrogen-bond acceptors (Lipinski definition) is 4. The molecule has 1 aromatic heterocycles. The van der Waals surface area contributed by atoms with Crippen LogP contribution < -0.4 is 9.47 Å². The maximum atomic E-state index is 13.2. The van der Waals surface area contributed by atoms with Crippen molar-refractivity contribution in [3.05, 3.63) is 47.1 Å². The Morgan fingerprint density at radius 1 is 1.29 bits per heavy atom. The largest absolute Gasteiger partial charge is 0.479 e. The molecule has 0 bridgehead atoms. The smallest absolute Gasteiger partial charge is 0.344 e. The summed E-state index contributed by atoms with van der Waals surface area (Å²) in [6.45, 7) is 2.15. The Morgan fingerprint density at radius 2 is 1.88 bits per heavy atom. The number of carbonyl (C=O) groups is 1. The minimum absolute atomic E-state index is 0.0164. The van der Waals surface area contributed by atoms with Crippen molar-refractivity contribution in [3.8, 4) is 17.4 Å². The average molecular weight is 358 g/mol. The van der Waals surface area contributed by atoms with Crippen LogP contribution in [0.1, 0.15) is 19.4 Å². The molecule has 0 fully saturated rings. The molecule has 0 amide bonds. The summed E-state index contributed by atoms with van der Waals surface area (Å²) < 4.78 is 37.0. The highest BCUT2D eigenvalue weighted by Gasteiger charge is 2.26. The molecule has 2 rings (SSSR count). The van der Waals surface area contributed by atoms with Gasteiger partial charge in [-0.1, -0.05) is 11.6 Å². The van der Waals surface area contributed by atoms with Crippen molar-refractivity contribution in [2.45, 2.75) is 25.9 Å². The molecule has 0 aliphatic rings. The second kappa shape index (κ2) is 7.00. The molecule has 1 N–H and O–H groups in total. The van der Waals surface area contributed by atoms with Gasteiger partial charge in [-0.2, -0.15) is 0 Å². The predicted molar refractivity (Wildman–Crippen MR) is 83.1 cm³/mol. The lowest BCUT2D eigenvalue weighted by Crippen LogP contribution is -2.22. The van der Waals surface area contributed by atoms with E-state index in [0.717, 1.165) is 19.2 Å².